The molecule has 78 valence electrons. The van der Waals surface area contributed by atoms with Crippen molar-refractivity contribution in [2.75, 3.05) is 6.54 Å². The maximum atomic E-state index is 11.7. The fourth-order valence-corrected chi connectivity index (χ4v) is 0.898. The van der Waals surface area contributed by atoms with Gasteiger partial charge in [0.05, 0.1) is 6.04 Å². The molecule has 1 fully saturated rings. The van der Waals surface area contributed by atoms with Gasteiger partial charge in [0.1, 0.15) is 0 Å². The lowest BCUT2D eigenvalue weighted by atomic mass is 10.0. The zero-order chi connectivity index (χ0) is 9.35. The van der Waals surface area contributed by atoms with Gasteiger partial charge in [0, 0.05) is 12.6 Å². The molecule has 0 spiro atoms. The fourth-order valence-electron chi connectivity index (χ4n) is 0.898. The van der Waals surface area contributed by atoms with Gasteiger partial charge in [0.25, 0.3) is 0 Å². The lowest BCUT2D eigenvalue weighted by molar-refractivity contribution is -0.175. The third kappa shape index (κ3) is 3.04. The van der Waals surface area contributed by atoms with Crippen LogP contribution >= 0.6 is 12.4 Å². The van der Waals surface area contributed by atoms with Crippen LogP contribution < -0.4 is 10.6 Å². The van der Waals surface area contributed by atoms with Crippen LogP contribution in [0.15, 0.2) is 0 Å². The van der Waals surface area contributed by atoms with Crippen molar-refractivity contribution in [2.45, 2.75) is 25.2 Å². The Morgan fingerprint density at radius 3 is 2.31 bits per heavy atom. The molecule has 0 aromatic rings. The number of carbonyl (C=O) groups excluding carboxylic acids is 1. The first kappa shape index (κ1) is 12.5. The summed E-state index contributed by atoms with van der Waals surface area (Å²) < 4.78 is 35.0. The molecule has 1 amide bonds. The second-order valence-corrected chi connectivity index (χ2v) is 2.77. The molecule has 1 saturated heterocycles. The van der Waals surface area contributed by atoms with Crippen LogP contribution in [0.5, 0.6) is 0 Å². The number of halogens is 4. The lowest BCUT2D eigenvalue weighted by Crippen LogP contribution is -2.64. The van der Waals surface area contributed by atoms with Crippen LogP contribution in [-0.4, -0.2) is 30.7 Å². The average molecular weight is 219 g/mol. The Morgan fingerprint density at radius 2 is 2.08 bits per heavy atom. The molecule has 7 heteroatoms. The van der Waals surface area contributed by atoms with Crippen molar-refractivity contribution in [1.82, 2.24) is 10.6 Å². The molecule has 1 aliphatic rings. The highest BCUT2D eigenvalue weighted by Crippen LogP contribution is 2.15. The first-order valence-corrected chi connectivity index (χ1v) is 3.52. The van der Waals surface area contributed by atoms with Crippen molar-refractivity contribution >= 4 is 18.3 Å². The van der Waals surface area contributed by atoms with Crippen LogP contribution in [0.25, 0.3) is 0 Å². The molecular formula is C6H10ClF3N2O. The van der Waals surface area contributed by atoms with Crippen molar-refractivity contribution in [3.8, 4) is 0 Å². The smallest absolute Gasteiger partial charge is 0.343 e. The summed E-state index contributed by atoms with van der Waals surface area (Å²) in [5.74, 6) is -1.86. The summed E-state index contributed by atoms with van der Waals surface area (Å²) in [5.41, 5.74) is 0. The molecule has 1 aliphatic heterocycles. The second-order valence-electron chi connectivity index (χ2n) is 2.77. The fraction of sp³-hybridized carbons (Fsp3) is 0.833. The first-order chi connectivity index (χ1) is 5.41. The zero-order valence-electron chi connectivity index (χ0n) is 6.81. The van der Waals surface area contributed by atoms with E-state index in [1.165, 1.54) is 0 Å². The summed E-state index contributed by atoms with van der Waals surface area (Å²) >= 11 is 0. The second kappa shape index (κ2) is 4.15. The van der Waals surface area contributed by atoms with Crippen LogP contribution in [0.4, 0.5) is 13.2 Å². The number of alkyl halides is 3. The monoisotopic (exact) mass is 218 g/mol. The first-order valence-electron chi connectivity index (χ1n) is 3.52. The Bertz CT molecular complexity index is 197. The Balaban J connectivity index is 0.00000144. The van der Waals surface area contributed by atoms with E-state index in [1.807, 2.05) is 5.32 Å². The predicted octanol–water partition coefficient (Wildman–Crippen LogP) is 0.447. The summed E-state index contributed by atoms with van der Waals surface area (Å²) in [7, 11) is 0. The van der Waals surface area contributed by atoms with Gasteiger partial charge in [-0.25, -0.2) is 0 Å². The number of hydrogen-bond donors (Lipinski definition) is 2. The Labute approximate surface area is 79.5 Å². The Morgan fingerprint density at radius 1 is 1.54 bits per heavy atom. The number of amides is 1. The number of carbonyl (C=O) groups is 1. The van der Waals surface area contributed by atoms with Gasteiger partial charge >= 0.3 is 12.1 Å². The van der Waals surface area contributed by atoms with Crippen molar-refractivity contribution in [3.05, 3.63) is 0 Å². The van der Waals surface area contributed by atoms with Crippen LogP contribution in [-0.2, 0) is 4.79 Å². The number of hydrogen-bond acceptors (Lipinski definition) is 2. The normalized spacial score (nSPS) is 27.1. The molecule has 1 rings (SSSR count). The van der Waals surface area contributed by atoms with E-state index >= 15 is 0 Å². The molecule has 3 nitrogen and oxygen atoms in total. The van der Waals surface area contributed by atoms with Gasteiger partial charge in [0.2, 0.25) is 0 Å². The summed E-state index contributed by atoms with van der Waals surface area (Å²) in [6.45, 7) is 2.12. The third-order valence-electron chi connectivity index (χ3n) is 1.84. The highest BCUT2D eigenvalue weighted by Gasteiger charge is 2.41. The van der Waals surface area contributed by atoms with Crippen molar-refractivity contribution in [2.24, 2.45) is 0 Å². The van der Waals surface area contributed by atoms with Crippen LogP contribution in [0.1, 0.15) is 6.92 Å². The standard InChI is InChI=1S/C6H9F3N2O.ClH/c1-3-4(2-10-3)11-5(12)6(7,8)9;/h3-4,10H,2H2,1H3,(H,11,12);1H/t3-,4+;/m1./s1. The van der Waals surface area contributed by atoms with E-state index in [0.717, 1.165) is 0 Å². The molecule has 2 atom stereocenters. The van der Waals surface area contributed by atoms with Crippen LogP contribution in [0, 0.1) is 0 Å². The lowest BCUT2D eigenvalue weighted by Gasteiger charge is -2.35. The molecule has 0 aliphatic carbocycles. The summed E-state index contributed by atoms with van der Waals surface area (Å²) in [6.07, 6.45) is -4.77. The molecule has 0 radical (unpaired) electrons. The SMILES string of the molecule is C[C@H]1NC[C@@H]1NC(=O)C(F)(F)F.Cl. The van der Waals surface area contributed by atoms with Gasteiger partial charge in [-0.05, 0) is 6.92 Å². The minimum atomic E-state index is -4.77. The Hall–Kier alpha value is -0.490. The third-order valence-corrected chi connectivity index (χ3v) is 1.84. The molecule has 0 unspecified atom stereocenters. The maximum absolute atomic E-state index is 11.7. The number of rotatable bonds is 1. The quantitative estimate of drug-likeness (QED) is 0.671. The van der Waals surface area contributed by atoms with E-state index in [1.54, 1.807) is 6.92 Å². The predicted molar refractivity (Wildman–Crippen MR) is 42.7 cm³/mol. The molecule has 1 heterocycles. The minimum absolute atomic E-state index is 0. The minimum Gasteiger partial charge on any atom is -0.343 e. The summed E-state index contributed by atoms with van der Waals surface area (Å²) in [4.78, 5) is 10.3. The maximum Gasteiger partial charge on any atom is 0.471 e. The van der Waals surface area contributed by atoms with E-state index in [4.69, 9.17) is 0 Å². The molecule has 0 aromatic heterocycles. The highest BCUT2D eigenvalue weighted by molar-refractivity contribution is 5.85. The van der Waals surface area contributed by atoms with Crippen molar-refractivity contribution in [1.29, 1.82) is 0 Å². The zero-order valence-corrected chi connectivity index (χ0v) is 7.63. The van der Waals surface area contributed by atoms with Crippen LogP contribution in [0.2, 0.25) is 0 Å². The van der Waals surface area contributed by atoms with Crippen molar-refractivity contribution < 1.29 is 18.0 Å². The number of nitrogens with one attached hydrogen (secondary N) is 2. The highest BCUT2D eigenvalue weighted by atomic mass is 35.5. The Kier molecular flexibility index (Phi) is 3.99. The molecule has 0 aromatic carbocycles. The van der Waals surface area contributed by atoms with Gasteiger partial charge in [-0.1, -0.05) is 0 Å². The topological polar surface area (TPSA) is 41.1 Å². The summed E-state index contributed by atoms with van der Waals surface area (Å²) in [5, 5.41) is 4.71. The van der Waals surface area contributed by atoms with E-state index < -0.39 is 12.1 Å². The molecule has 13 heavy (non-hydrogen) atoms. The molecular weight excluding hydrogens is 209 g/mol. The van der Waals surface area contributed by atoms with E-state index in [9.17, 15) is 18.0 Å². The largest absolute Gasteiger partial charge is 0.471 e. The van der Waals surface area contributed by atoms with Gasteiger partial charge in [0.15, 0.2) is 0 Å². The summed E-state index contributed by atoms with van der Waals surface area (Å²) in [6, 6.07) is -0.463. The van der Waals surface area contributed by atoms with Crippen molar-refractivity contribution in [3.63, 3.8) is 0 Å². The molecule has 0 saturated carbocycles. The van der Waals surface area contributed by atoms with Gasteiger partial charge < -0.3 is 10.6 Å². The van der Waals surface area contributed by atoms with E-state index in [-0.39, 0.29) is 24.5 Å². The van der Waals surface area contributed by atoms with Gasteiger partial charge in [-0.3, -0.25) is 4.79 Å². The van der Waals surface area contributed by atoms with E-state index in [2.05, 4.69) is 5.32 Å². The van der Waals surface area contributed by atoms with Gasteiger partial charge in [-0.2, -0.15) is 13.2 Å². The molecule has 0 bridgehead atoms. The van der Waals surface area contributed by atoms with Gasteiger partial charge in [-0.15, -0.1) is 12.4 Å². The van der Waals surface area contributed by atoms with Crippen LogP contribution in [0.3, 0.4) is 0 Å². The average Bonchev–Trinajstić information content (AvgIpc) is 1.95. The molecule has 2 N–H and O–H groups in total. The van der Waals surface area contributed by atoms with E-state index in [0.29, 0.717) is 6.54 Å².